The molecule has 3 N–H and O–H groups in total. The molecule has 120 valence electrons. The molecule has 0 spiro atoms. The van der Waals surface area contributed by atoms with E-state index in [0.29, 0.717) is 17.1 Å². The first-order valence-corrected chi connectivity index (χ1v) is 7.35. The van der Waals surface area contributed by atoms with Gasteiger partial charge in [-0.15, -0.1) is 0 Å². The molecular formula is C17H20N4O2. The van der Waals surface area contributed by atoms with Gasteiger partial charge in [0.2, 0.25) is 0 Å². The molecule has 2 rings (SSSR count). The Bertz CT molecular complexity index is 679. The van der Waals surface area contributed by atoms with Gasteiger partial charge in [0.05, 0.1) is 11.9 Å². The highest BCUT2D eigenvalue weighted by Crippen LogP contribution is 2.17. The summed E-state index contributed by atoms with van der Waals surface area (Å²) in [5.41, 5.74) is 2.11. The van der Waals surface area contributed by atoms with Gasteiger partial charge in [0.25, 0.3) is 0 Å². The minimum atomic E-state index is -0.262. The van der Waals surface area contributed by atoms with Gasteiger partial charge in [0.1, 0.15) is 5.82 Å². The fraction of sp³-hybridized carbons (Fsp3) is 0.235. The Morgan fingerprint density at radius 3 is 2.17 bits per heavy atom. The molecule has 0 aliphatic carbocycles. The van der Waals surface area contributed by atoms with Crippen LogP contribution in [-0.2, 0) is 0 Å². The topological polar surface area (TPSA) is 83.1 Å². The van der Waals surface area contributed by atoms with Gasteiger partial charge in [0.15, 0.2) is 5.78 Å². The zero-order valence-corrected chi connectivity index (χ0v) is 13.4. The predicted octanol–water partition coefficient (Wildman–Crippen LogP) is 3.56. The third-order valence-corrected chi connectivity index (χ3v) is 3.00. The van der Waals surface area contributed by atoms with Gasteiger partial charge in [-0.3, -0.25) is 4.79 Å². The summed E-state index contributed by atoms with van der Waals surface area (Å²) in [6.07, 6.45) is 1.58. The highest BCUT2D eigenvalue weighted by atomic mass is 16.2. The number of rotatable bonds is 5. The average Bonchev–Trinajstić information content (AvgIpc) is 2.49. The second-order valence-corrected chi connectivity index (χ2v) is 5.44. The zero-order valence-electron chi connectivity index (χ0n) is 13.4. The van der Waals surface area contributed by atoms with Crippen LogP contribution in [0.15, 0.2) is 42.6 Å². The zero-order chi connectivity index (χ0) is 16.8. The molecule has 2 aromatic rings. The number of hydrogen-bond donors (Lipinski definition) is 3. The van der Waals surface area contributed by atoms with E-state index in [1.807, 2.05) is 26.0 Å². The largest absolute Gasteiger partial charge is 0.340 e. The number of carbonyl (C=O) groups excluding carboxylic acids is 2. The predicted molar refractivity (Wildman–Crippen MR) is 91.3 cm³/mol. The summed E-state index contributed by atoms with van der Waals surface area (Å²) in [5.74, 6) is 0.681. The van der Waals surface area contributed by atoms with Gasteiger partial charge in [-0.1, -0.05) is 0 Å². The van der Waals surface area contributed by atoms with Crippen molar-refractivity contribution in [2.24, 2.45) is 0 Å². The number of aromatic nitrogens is 1. The standard InChI is InChI=1S/C17H20N4O2/c1-11(2)19-17(23)21-15-8-9-16(18-10-15)20-14-6-4-13(5-7-14)12(3)22/h4-11H,1-3H3,(H,18,20)(H2,19,21,23). The molecule has 2 amide bonds. The van der Waals surface area contributed by atoms with Crippen LogP contribution in [0, 0.1) is 0 Å². The highest BCUT2D eigenvalue weighted by molar-refractivity contribution is 5.94. The number of carbonyl (C=O) groups is 2. The van der Waals surface area contributed by atoms with Crippen LogP contribution < -0.4 is 16.0 Å². The Morgan fingerprint density at radius 2 is 1.65 bits per heavy atom. The maximum atomic E-state index is 11.6. The Hall–Kier alpha value is -2.89. The van der Waals surface area contributed by atoms with Crippen molar-refractivity contribution < 1.29 is 9.59 Å². The molecule has 0 saturated carbocycles. The summed E-state index contributed by atoms with van der Waals surface area (Å²) >= 11 is 0. The van der Waals surface area contributed by atoms with Crippen LogP contribution in [0.1, 0.15) is 31.1 Å². The number of anilines is 3. The third-order valence-electron chi connectivity index (χ3n) is 3.00. The number of nitrogens with one attached hydrogen (secondary N) is 3. The van der Waals surface area contributed by atoms with Crippen molar-refractivity contribution in [3.05, 3.63) is 48.2 Å². The van der Waals surface area contributed by atoms with E-state index in [4.69, 9.17) is 0 Å². The van der Waals surface area contributed by atoms with Crippen molar-refractivity contribution in [3.8, 4) is 0 Å². The lowest BCUT2D eigenvalue weighted by Crippen LogP contribution is -2.34. The smallest absolute Gasteiger partial charge is 0.319 e. The van der Waals surface area contributed by atoms with E-state index in [-0.39, 0.29) is 17.9 Å². The normalized spacial score (nSPS) is 10.3. The van der Waals surface area contributed by atoms with Crippen LogP contribution >= 0.6 is 0 Å². The number of urea groups is 1. The monoisotopic (exact) mass is 312 g/mol. The van der Waals surface area contributed by atoms with Crippen LogP contribution in [0.25, 0.3) is 0 Å². The van der Waals surface area contributed by atoms with E-state index in [1.165, 1.54) is 6.92 Å². The molecule has 1 aromatic heterocycles. The third kappa shape index (κ3) is 5.10. The van der Waals surface area contributed by atoms with Crippen molar-refractivity contribution in [2.45, 2.75) is 26.8 Å². The molecule has 0 unspecified atom stereocenters. The van der Waals surface area contributed by atoms with Crippen molar-refractivity contribution >= 4 is 29.0 Å². The number of hydrogen-bond acceptors (Lipinski definition) is 4. The minimum absolute atomic E-state index is 0.0322. The molecule has 0 radical (unpaired) electrons. The number of pyridine rings is 1. The summed E-state index contributed by atoms with van der Waals surface area (Å²) in [6, 6.07) is 10.5. The molecule has 0 fully saturated rings. The first-order valence-electron chi connectivity index (χ1n) is 7.35. The number of amides is 2. The van der Waals surface area contributed by atoms with E-state index in [9.17, 15) is 9.59 Å². The Morgan fingerprint density at radius 1 is 1.00 bits per heavy atom. The average molecular weight is 312 g/mol. The van der Waals surface area contributed by atoms with Crippen LogP contribution in [0.2, 0.25) is 0 Å². The Kier molecular flexibility index (Phi) is 5.30. The maximum Gasteiger partial charge on any atom is 0.319 e. The van der Waals surface area contributed by atoms with E-state index in [0.717, 1.165) is 5.69 Å². The molecule has 0 aliphatic rings. The summed E-state index contributed by atoms with van der Waals surface area (Å²) in [7, 11) is 0. The van der Waals surface area contributed by atoms with Crippen molar-refractivity contribution in [1.29, 1.82) is 0 Å². The van der Waals surface area contributed by atoms with Crippen molar-refractivity contribution in [1.82, 2.24) is 10.3 Å². The molecule has 0 atom stereocenters. The lowest BCUT2D eigenvalue weighted by molar-refractivity contribution is 0.101. The van der Waals surface area contributed by atoms with Crippen LogP contribution in [0.5, 0.6) is 0 Å². The van der Waals surface area contributed by atoms with Gasteiger partial charge in [0, 0.05) is 17.3 Å². The fourth-order valence-corrected chi connectivity index (χ4v) is 1.91. The van der Waals surface area contributed by atoms with Gasteiger partial charge < -0.3 is 16.0 Å². The van der Waals surface area contributed by atoms with Gasteiger partial charge in [-0.25, -0.2) is 9.78 Å². The molecule has 23 heavy (non-hydrogen) atoms. The van der Waals surface area contributed by atoms with Crippen LogP contribution in [0.3, 0.4) is 0 Å². The van der Waals surface area contributed by atoms with E-state index >= 15 is 0 Å². The molecular weight excluding hydrogens is 292 g/mol. The lowest BCUT2D eigenvalue weighted by atomic mass is 10.1. The van der Waals surface area contributed by atoms with E-state index < -0.39 is 0 Å². The molecule has 6 heteroatoms. The Labute approximate surface area is 135 Å². The van der Waals surface area contributed by atoms with Gasteiger partial charge >= 0.3 is 6.03 Å². The first kappa shape index (κ1) is 16.5. The van der Waals surface area contributed by atoms with Crippen molar-refractivity contribution in [3.63, 3.8) is 0 Å². The SMILES string of the molecule is CC(=O)c1ccc(Nc2ccc(NC(=O)NC(C)C)cn2)cc1. The summed E-state index contributed by atoms with van der Waals surface area (Å²) in [4.78, 5) is 27.1. The second kappa shape index (κ2) is 7.40. The van der Waals surface area contributed by atoms with Crippen LogP contribution in [-0.4, -0.2) is 22.8 Å². The molecule has 6 nitrogen and oxygen atoms in total. The maximum absolute atomic E-state index is 11.6. The quantitative estimate of drug-likeness (QED) is 0.737. The van der Waals surface area contributed by atoms with E-state index in [2.05, 4.69) is 20.9 Å². The molecule has 1 aromatic carbocycles. The number of Topliss-reactive ketones (excluding diaryl/α,β-unsaturated/α-hetero) is 1. The van der Waals surface area contributed by atoms with Gasteiger partial charge in [-0.2, -0.15) is 0 Å². The highest BCUT2D eigenvalue weighted by Gasteiger charge is 2.04. The number of benzene rings is 1. The molecule has 1 heterocycles. The lowest BCUT2D eigenvalue weighted by Gasteiger charge is -2.10. The molecule has 0 bridgehead atoms. The second-order valence-electron chi connectivity index (χ2n) is 5.44. The number of nitrogens with zero attached hydrogens (tertiary/aromatic N) is 1. The van der Waals surface area contributed by atoms with E-state index in [1.54, 1.807) is 30.5 Å². The first-order chi connectivity index (χ1) is 10.9. The molecule has 0 saturated heterocycles. The fourth-order valence-electron chi connectivity index (χ4n) is 1.91. The summed E-state index contributed by atoms with van der Waals surface area (Å²) in [6.45, 7) is 5.32. The molecule has 0 aliphatic heterocycles. The summed E-state index contributed by atoms with van der Waals surface area (Å²) < 4.78 is 0. The minimum Gasteiger partial charge on any atom is -0.340 e. The summed E-state index contributed by atoms with van der Waals surface area (Å²) in [5, 5.41) is 8.58. The Balaban J connectivity index is 1.97. The number of ketones is 1. The van der Waals surface area contributed by atoms with Gasteiger partial charge in [-0.05, 0) is 57.2 Å². The van der Waals surface area contributed by atoms with Crippen molar-refractivity contribution in [2.75, 3.05) is 10.6 Å². The van der Waals surface area contributed by atoms with Crippen LogP contribution in [0.4, 0.5) is 22.0 Å².